The molecule has 0 saturated heterocycles. The summed E-state index contributed by atoms with van der Waals surface area (Å²) in [5, 5.41) is 52.0. The number of amides is 2. The first-order chi connectivity index (χ1) is 26.2. The maximum atomic E-state index is 12.7. The van der Waals surface area contributed by atoms with Crippen LogP contribution in [-0.2, 0) is 10.1 Å². The highest BCUT2D eigenvalue weighted by Gasteiger charge is 2.22. The average molecular weight is 760 g/mol. The molecule has 0 bridgehead atoms. The Morgan fingerprint density at radius 1 is 0.673 bits per heavy atom. The number of aromatic hydroxyl groups is 2. The van der Waals surface area contributed by atoms with E-state index < -0.39 is 50.0 Å². The second kappa shape index (κ2) is 15.2. The van der Waals surface area contributed by atoms with Crippen LogP contribution in [0.25, 0.3) is 10.8 Å². The molecule has 17 heteroatoms. The molecule has 0 aliphatic rings. The first kappa shape index (κ1) is 37.3. The molecular formula is C38H29N7O9S. The fourth-order valence-corrected chi connectivity index (χ4v) is 5.92. The van der Waals surface area contributed by atoms with Crippen molar-refractivity contribution in [3.63, 3.8) is 0 Å². The Labute approximate surface area is 312 Å². The predicted molar refractivity (Wildman–Crippen MR) is 203 cm³/mol. The number of nitrogens with one attached hydrogen (secondary N) is 2. The number of rotatable bonds is 10. The number of hydrogen-bond donors (Lipinski definition) is 7. The van der Waals surface area contributed by atoms with Gasteiger partial charge in [-0.2, -0.15) is 23.8 Å². The van der Waals surface area contributed by atoms with E-state index in [2.05, 4.69) is 31.1 Å². The van der Waals surface area contributed by atoms with E-state index in [0.29, 0.717) is 33.9 Å². The summed E-state index contributed by atoms with van der Waals surface area (Å²) < 4.78 is 34.8. The van der Waals surface area contributed by atoms with E-state index in [0.717, 1.165) is 12.1 Å². The number of carboxylic acid groups (broad SMARTS) is 1. The zero-order chi connectivity index (χ0) is 39.4. The SMILES string of the molecule is Cc1cc(N=Nc2c(S(=O)(=O)O)cc3cc(NC(=O)c4ccc(N)cc4)ccc3c2O)ccc1N=Nc1ccc(C(=O)Nc2ccc(O)c(C(=O)O)c2)cc1. The van der Waals surface area contributed by atoms with Crippen molar-refractivity contribution in [2.45, 2.75) is 11.8 Å². The van der Waals surface area contributed by atoms with Gasteiger partial charge in [0.05, 0.1) is 17.1 Å². The average Bonchev–Trinajstić information content (AvgIpc) is 3.14. The topological polar surface area (TPSA) is 266 Å². The Bertz CT molecular complexity index is 2680. The van der Waals surface area contributed by atoms with Crippen LogP contribution in [0.3, 0.4) is 0 Å². The normalized spacial score (nSPS) is 11.6. The van der Waals surface area contributed by atoms with Gasteiger partial charge < -0.3 is 31.7 Å². The summed E-state index contributed by atoms with van der Waals surface area (Å²) in [6, 6.07) is 26.2. The van der Waals surface area contributed by atoms with Gasteiger partial charge in [0.25, 0.3) is 21.9 Å². The Hall–Kier alpha value is -7.50. The summed E-state index contributed by atoms with van der Waals surface area (Å²) in [5.74, 6) is -3.30. The zero-order valence-electron chi connectivity index (χ0n) is 28.5. The standard InChI is InChI=1S/C38H29N7O9S/c1-20-16-28(11-14-31(20)44-42-25-8-4-22(5-9-25)37(49)41-27-12-15-32(46)30(19-27)38(50)51)43-45-34-33(55(52,53)54)18-23-17-26(10-13-29(23)35(34)47)40-36(48)21-2-6-24(39)7-3-21/h2-19,46-47H,39H2,1H3,(H,40,48)(H,41,49)(H,50,51)(H,52,53,54). The fraction of sp³-hybridized carbons (Fsp3) is 0.0263. The van der Waals surface area contributed by atoms with Crippen LogP contribution in [0.4, 0.5) is 39.8 Å². The fourth-order valence-electron chi connectivity index (χ4n) is 5.26. The van der Waals surface area contributed by atoms with Crippen LogP contribution >= 0.6 is 0 Å². The Kier molecular flexibility index (Phi) is 10.3. The van der Waals surface area contributed by atoms with Gasteiger partial charge >= 0.3 is 5.97 Å². The maximum Gasteiger partial charge on any atom is 0.339 e. The second-order valence-electron chi connectivity index (χ2n) is 12.0. The van der Waals surface area contributed by atoms with Crippen molar-refractivity contribution >= 4 is 78.5 Å². The number of phenols is 2. The summed E-state index contributed by atoms with van der Waals surface area (Å²) in [5.41, 5.74) is 8.12. The van der Waals surface area contributed by atoms with Gasteiger partial charge in [-0.25, -0.2) is 4.79 Å². The monoisotopic (exact) mass is 759 g/mol. The summed E-state index contributed by atoms with van der Waals surface area (Å²) in [6.07, 6.45) is 0. The summed E-state index contributed by atoms with van der Waals surface area (Å²) in [6.45, 7) is 1.72. The van der Waals surface area contributed by atoms with Gasteiger partial charge in [0, 0.05) is 33.6 Å². The molecule has 6 rings (SSSR count). The number of benzene rings is 6. The van der Waals surface area contributed by atoms with Crippen molar-refractivity contribution in [1.29, 1.82) is 0 Å². The molecule has 55 heavy (non-hydrogen) atoms. The molecule has 0 spiro atoms. The van der Waals surface area contributed by atoms with Crippen LogP contribution in [0, 0.1) is 6.92 Å². The van der Waals surface area contributed by atoms with Gasteiger partial charge in [0.2, 0.25) is 0 Å². The van der Waals surface area contributed by atoms with E-state index in [4.69, 9.17) is 5.73 Å². The molecule has 0 unspecified atom stereocenters. The van der Waals surface area contributed by atoms with Crippen LogP contribution in [0.1, 0.15) is 36.6 Å². The minimum absolute atomic E-state index is 0.180. The van der Waals surface area contributed by atoms with Crippen LogP contribution in [-0.4, -0.2) is 46.1 Å². The molecule has 2 amide bonds. The molecule has 16 nitrogen and oxygen atoms in total. The van der Waals surface area contributed by atoms with Gasteiger partial charge in [-0.15, -0.1) is 5.11 Å². The van der Waals surface area contributed by atoms with Gasteiger partial charge in [-0.1, -0.05) is 0 Å². The lowest BCUT2D eigenvalue weighted by Crippen LogP contribution is -2.12. The van der Waals surface area contributed by atoms with Crippen molar-refractivity contribution in [2.75, 3.05) is 16.4 Å². The van der Waals surface area contributed by atoms with Gasteiger partial charge in [0.1, 0.15) is 21.9 Å². The number of fused-ring (bicyclic) bond motifs is 1. The van der Waals surface area contributed by atoms with Crippen LogP contribution in [0.2, 0.25) is 0 Å². The highest BCUT2D eigenvalue weighted by molar-refractivity contribution is 7.86. The molecule has 0 saturated carbocycles. The summed E-state index contributed by atoms with van der Waals surface area (Å²) >= 11 is 0. The van der Waals surface area contributed by atoms with Crippen molar-refractivity contribution in [2.24, 2.45) is 20.5 Å². The van der Waals surface area contributed by atoms with Crippen LogP contribution < -0.4 is 16.4 Å². The van der Waals surface area contributed by atoms with Gasteiger partial charge in [-0.3, -0.25) is 14.1 Å². The number of aromatic carboxylic acids is 1. The number of azo groups is 2. The Morgan fingerprint density at radius 3 is 1.87 bits per heavy atom. The lowest BCUT2D eigenvalue weighted by molar-refractivity contribution is 0.0693. The smallest absolute Gasteiger partial charge is 0.339 e. The minimum Gasteiger partial charge on any atom is -0.507 e. The number of nitrogens with zero attached hydrogens (tertiary/aromatic N) is 4. The molecule has 6 aromatic carbocycles. The molecule has 0 atom stereocenters. The number of carboxylic acids is 1. The molecule has 6 aromatic rings. The number of carbonyl (C=O) groups is 3. The Balaban J connectivity index is 1.17. The van der Waals surface area contributed by atoms with Crippen LogP contribution in [0.5, 0.6) is 11.5 Å². The van der Waals surface area contributed by atoms with E-state index >= 15 is 0 Å². The molecule has 0 heterocycles. The number of carbonyl (C=O) groups excluding carboxylic acids is 2. The minimum atomic E-state index is -4.90. The maximum absolute atomic E-state index is 12.7. The third kappa shape index (κ3) is 8.60. The van der Waals surface area contributed by atoms with E-state index in [9.17, 15) is 42.7 Å². The summed E-state index contributed by atoms with van der Waals surface area (Å²) in [7, 11) is -4.90. The highest BCUT2D eigenvalue weighted by atomic mass is 32.2. The van der Waals surface area contributed by atoms with Crippen molar-refractivity contribution < 1.29 is 42.7 Å². The lowest BCUT2D eigenvalue weighted by atomic mass is 10.1. The molecule has 8 N–H and O–H groups in total. The first-order valence-electron chi connectivity index (χ1n) is 16.0. The van der Waals surface area contributed by atoms with Crippen molar-refractivity contribution in [1.82, 2.24) is 0 Å². The number of nitrogen functional groups attached to an aromatic ring is 1. The highest BCUT2D eigenvalue weighted by Crippen LogP contribution is 2.42. The predicted octanol–water partition coefficient (Wildman–Crippen LogP) is 8.42. The first-order valence-corrected chi connectivity index (χ1v) is 17.5. The largest absolute Gasteiger partial charge is 0.507 e. The van der Waals surface area contributed by atoms with E-state index in [1.165, 1.54) is 48.5 Å². The number of nitrogens with two attached hydrogens (primary N) is 1. The van der Waals surface area contributed by atoms with E-state index in [1.54, 1.807) is 55.5 Å². The molecule has 0 aliphatic carbocycles. The molecule has 0 aliphatic heterocycles. The molecule has 276 valence electrons. The van der Waals surface area contributed by atoms with E-state index in [-0.39, 0.29) is 33.3 Å². The van der Waals surface area contributed by atoms with Gasteiger partial charge in [0.15, 0.2) is 5.75 Å². The van der Waals surface area contributed by atoms with Crippen molar-refractivity contribution in [3.05, 3.63) is 131 Å². The third-order valence-electron chi connectivity index (χ3n) is 8.09. The number of phenolic OH excluding ortho intramolecular Hbond substituents is 1. The quantitative estimate of drug-likeness (QED) is 0.0303. The number of aryl methyl sites for hydroxylation is 1. The lowest BCUT2D eigenvalue weighted by Gasteiger charge is -2.11. The third-order valence-corrected chi connectivity index (χ3v) is 8.96. The Morgan fingerprint density at radius 2 is 1.25 bits per heavy atom. The van der Waals surface area contributed by atoms with Crippen molar-refractivity contribution in [3.8, 4) is 11.5 Å². The van der Waals surface area contributed by atoms with Crippen LogP contribution in [0.15, 0.2) is 135 Å². The molecular weight excluding hydrogens is 731 g/mol. The second-order valence-corrected chi connectivity index (χ2v) is 13.4. The van der Waals surface area contributed by atoms with Gasteiger partial charge in [-0.05, 0) is 127 Å². The molecule has 0 radical (unpaired) electrons. The summed E-state index contributed by atoms with van der Waals surface area (Å²) in [4.78, 5) is 35.9. The zero-order valence-corrected chi connectivity index (χ0v) is 29.3. The molecule has 0 fully saturated rings. The number of anilines is 3. The number of hydrogen-bond acceptors (Lipinski definition) is 12. The molecule has 0 aromatic heterocycles. The van der Waals surface area contributed by atoms with E-state index in [1.807, 2.05) is 0 Å².